The number of rotatable bonds is 6. The minimum Gasteiger partial charge on any atom is -0.208 e. The van der Waals surface area contributed by atoms with Gasteiger partial charge in [-0.2, -0.15) is 0 Å². The largest absolute Gasteiger partial charge is 0.208 e. The Labute approximate surface area is 338 Å². The average Bonchev–Trinajstić information content (AvgIpc) is 3.60. The Morgan fingerprint density at radius 2 is 0.879 bits per heavy atom. The molecule has 0 aliphatic heterocycles. The first-order valence-corrected chi connectivity index (χ1v) is 19.9. The summed E-state index contributed by atoms with van der Waals surface area (Å²) in [6, 6.07) is 59.8. The van der Waals surface area contributed by atoms with Gasteiger partial charge in [-0.05, 0) is 78.1 Å². The Morgan fingerprint density at radius 1 is 0.397 bits per heavy atom. The molecular formula is C55H37N3. The maximum absolute atomic E-state index is 5.06. The van der Waals surface area contributed by atoms with Crippen LogP contribution in [-0.4, -0.2) is 15.0 Å². The van der Waals surface area contributed by atoms with Gasteiger partial charge in [0.1, 0.15) is 0 Å². The van der Waals surface area contributed by atoms with Crippen molar-refractivity contribution in [2.75, 3.05) is 0 Å². The van der Waals surface area contributed by atoms with Gasteiger partial charge in [0, 0.05) is 28.5 Å². The van der Waals surface area contributed by atoms with Gasteiger partial charge in [0.2, 0.25) is 0 Å². The molecule has 58 heavy (non-hydrogen) atoms. The molecule has 0 saturated heterocycles. The highest BCUT2D eigenvalue weighted by Crippen LogP contribution is 2.56. The smallest absolute Gasteiger partial charge is 0.164 e. The number of fused-ring (bicyclic) bond motifs is 5. The highest BCUT2D eigenvalue weighted by Gasteiger charge is 2.39. The molecule has 1 heterocycles. The van der Waals surface area contributed by atoms with Gasteiger partial charge in [0.25, 0.3) is 0 Å². The van der Waals surface area contributed by atoms with Gasteiger partial charge >= 0.3 is 0 Å². The molecule has 2 unspecified atom stereocenters. The van der Waals surface area contributed by atoms with Crippen LogP contribution in [-0.2, 0) is 0 Å². The second-order valence-electron chi connectivity index (χ2n) is 15.2. The molecule has 0 bridgehead atoms. The summed E-state index contributed by atoms with van der Waals surface area (Å²) in [6.07, 6.45) is 11.5. The van der Waals surface area contributed by atoms with Crippen LogP contribution in [0.15, 0.2) is 212 Å². The van der Waals surface area contributed by atoms with E-state index in [-0.39, 0.29) is 11.8 Å². The number of allylic oxidation sites excluding steroid dienone is 9. The van der Waals surface area contributed by atoms with Gasteiger partial charge in [-0.3, -0.25) is 0 Å². The van der Waals surface area contributed by atoms with Crippen LogP contribution in [0.5, 0.6) is 0 Å². The molecule has 3 heteroatoms. The third-order valence-corrected chi connectivity index (χ3v) is 11.9. The Bertz CT molecular complexity index is 3040. The van der Waals surface area contributed by atoms with Gasteiger partial charge in [-0.15, -0.1) is 0 Å². The van der Waals surface area contributed by atoms with E-state index in [0.29, 0.717) is 17.5 Å². The Morgan fingerprint density at radius 3 is 1.57 bits per heavy atom. The average molecular weight is 740 g/mol. The third-order valence-electron chi connectivity index (χ3n) is 11.9. The van der Waals surface area contributed by atoms with Gasteiger partial charge in [-0.1, -0.05) is 201 Å². The van der Waals surface area contributed by atoms with Crippen molar-refractivity contribution in [3.05, 3.63) is 229 Å². The molecule has 0 fully saturated rings. The van der Waals surface area contributed by atoms with Crippen LogP contribution in [0.1, 0.15) is 16.7 Å². The van der Waals surface area contributed by atoms with Crippen LogP contribution in [0.4, 0.5) is 0 Å². The van der Waals surface area contributed by atoms with Crippen molar-refractivity contribution in [2.24, 2.45) is 11.8 Å². The van der Waals surface area contributed by atoms with Gasteiger partial charge in [-0.25, -0.2) is 15.0 Å². The molecule has 272 valence electrons. The lowest BCUT2D eigenvalue weighted by molar-refractivity contribution is 0.661. The summed E-state index contributed by atoms with van der Waals surface area (Å²) < 4.78 is 0. The monoisotopic (exact) mass is 739 g/mol. The lowest BCUT2D eigenvalue weighted by atomic mass is 9.70. The first kappa shape index (κ1) is 33.8. The zero-order valence-corrected chi connectivity index (χ0v) is 31.8. The maximum Gasteiger partial charge on any atom is 0.164 e. The summed E-state index contributed by atoms with van der Waals surface area (Å²) in [5, 5.41) is 2.50. The van der Waals surface area contributed by atoms with E-state index < -0.39 is 0 Å². The maximum atomic E-state index is 5.06. The van der Waals surface area contributed by atoms with Crippen LogP contribution in [0.25, 0.3) is 83.9 Å². The molecule has 2 atom stereocenters. The molecule has 3 aliphatic carbocycles. The van der Waals surface area contributed by atoms with Crippen LogP contribution in [0.2, 0.25) is 0 Å². The lowest BCUT2D eigenvalue weighted by Gasteiger charge is -2.33. The molecule has 7 aromatic carbocycles. The predicted molar refractivity (Wildman–Crippen MR) is 240 cm³/mol. The summed E-state index contributed by atoms with van der Waals surface area (Å²) in [6.45, 7) is 4.79. The molecule has 0 spiro atoms. The number of benzene rings is 7. The zero-order chi connectivity index (χ0) is 38.6. The van der Waals surface area contributed by atoms with Crippen molar-refractivity contribution in [1.82, 2.24) is 15.0 Å². The van der Waals surface area contributed by atoms with Crippen molar-refractivity contribution in [1.29, 1.82) is 0 Å². The molecule has 3 nitrogen and oxygen atoms in total. The fourth-order valence-electron chi connectivity index (χ4n) is 9.08. The summed E-state index contributed by atoms with van der Waals surface area (Å²) >= 11 is 0. The minimum atomic E-state index is 0.188. The number of nitrogens with zero attached hydrogens (tertiary/aromatic N) is 3. The predicted octanol–water partition coefficient (Wildman–Crippen LogP) is 13.6. The van der Waals surface area contributed by atoms with E-state index in [1.807, 2.05) is 36.4 Å². The number of aromatic nitrogens is 3. The van der Waals surface area contributed by atoms with Crippen LogP contribution in [0, 0.1) is 11.8 Å². The second kappa shape index (κ2) is 13.9. The summed E-state index contributed by atoms with van der Waals surface area (Å²) in [7, 11) is 0. The first-order chi connectivity index (χ1) is 28.7. The second-order valence-corrected chi connectivity index (χ2v) is 15.2. The van der Waals surface area contributed by atoms with Crippen molar-refractivity contribution in [3.63, 3.8) is 0 Å². The number of hydrogen-bond acceptors (Lipinski definition) is 3. The normalized spacial score (nSPS) is 16.6. The Hall–Kier alpha value is -7.49. The molecule has 8 aromatic rings. The van der Waals surface area contributed by atoms with Crippen LogP contribution in [0.3, 0.4) is 0 Å². The van der Waals surface area contributed by atoms with Crippen molar-refractivity contribution in [2.45, 2.75) is 0 Å². The topological polar surface area (TPSA) is 38.7 Å². The van der Waals surface area contributed by atoms with E-state index in [9.17, 15) is 0 Å². The van der Waals surface area contributed by atoms with Gasteiger partial charge in [0.05, 0.1) is 0 Å². The van der Waals surface area contributed by atoms with Gasteiger partial charge < -0.3 is 0 Å². The first-order valence-electron chi connectivity index (χ1n) is 19.9. The molecule has 0 radical (unpaired) electrons. The molecule has 0 amide bonds. The molecule has 11 rings (SSSR count). The van der Waals surface area contributed by atoms with Crippen LogP contribution < -0.4 is 0 Å². The zero-order valence-electron chi connectivity index (χ0n) is 31.8. The summed E-state index contributed by atoms with van der Waals surface area (Å²) in [4.78, 5) is 15.1. The van der Waals surface area contributed by atoms with E-state index in [0.717, 1.165) is 27.8 Å². The summed E-state index contributed by atoms with van der Waals surface area (Å²) in [5.74, 6) is 2.32. The fourth-order valence-corrected chi connectivity index (χ4v) is 9.08. The van der Waals surface area contributed by atoms with Crippen molar-refractivity contribution >= 4 is 27.5 Å². The van der Waals surface area contributed by atoms with E-state index in [4.69, 9.17) is 21.5 Å². The Kier molecular flexibility index (Phi) is 8.11. The highest BCUT2D eigenvalue weighted by molar-refractivity contribution is 6.11. The molecular weight excluding hydrogens is 703 g/mol. The number of hydrogen-bond donors (Lipinski definition) is 0. The van der Waals surface area contributed by atoms with E-state index in [1.54, 1.807) is 0 Å². The Balaban J connectivity index is 0.982. The van der Waals surface area contributed by atoms with E-state index in [1.165, 1.54) is 60.9 Å². The molecule has 3 aliphatic rings. The molecule has 0 saturated carbocycles. The standard InChI is InChI=1S/C55H37N3/c1-35-51-47(44-23-12-19-38-16-8-9-20-43(38)44)24-13-25-48(51)50-34-49(45-21-10-11-22-46(45)52(35)50)39-28-32-42(33-29-39)55-57-53(40-17-6-3-7-18-40)56-54(58-55)41-30-26-37(27-31-41)36-14-4-2-5-15-36/h2-34,45-46H,1H2. The van der Waals surface area contributed by atoms with E-state index >= 15 is 0 Å². The molecule has 0 N–H and O–H groups in total. The summed E-state index contributed by atoms with van der Waals surface area (Å²) in [5.41, 5.74) is 16.4. The fraction of sp³-hybridized carbons (Fsp3) is 0.0364. The lowest BCUT2D eigenvalue weighted by Crippen LogP contribution is -2.20. The van der Waals surface area contributed by atoms with E-state index in [2.05, 4.69) is 164 Å². The van der Waals surface area contributed by atoms with Crippen molar-refractivity contribution in [3.8, 4) is 56.4 Å². The molecule has 1 aromatic heterocycles. The van der Waals surface area contributed by atoms with Crippen LogP contribution >= 0.6 is 0 Å². The quantitative estimate of drug-likeness (QED) is 0.170. The van der Waals surface area contributed by atoms with Gasteiger partial charge in [0.15, 0.2) is 17.5 Å². The SMILES string of the molecule is C=C1C2=C(C=C(c3ccc(-c4nc(-c5ccccc5)nc(-c5ccc(-c6ccccc6)cc5)n4)cc3)C3C=CC=CC23)c2cccc(-c3cccc4ccccc34)c21. The minimum absolute atomic E-state index is 0.188. The highest BCUT2D eigenvalue weighted by atomic mass is 15.0. The van der Waals surface area contributed by atoms with Crippen molar-refractivity contribution < 1.29 is 0 Å². The third kappa shape index (κ3) is 5.71.